The van der Waals surface area contributed by atoms with Crippen LogP contribution in [0.25, 0.3) is 0 Å². The number of hydrazine groups is 1. The first kappa shape index (κ1) is 23.3. The maximum Gasteiger partial charge on any atom is 0.217 e. The average Bonchev–Trinajstić information content (AvgIpc) is 2.55. The molecule has 0 aromatic heterocycles. The Hall–Kier alpha value is -0.730. The van der Waals surface area contributed by atoms with E-state index in [2.05, 4.69) is 29.4 Å². The second-order valence-corrected chi connectivity index (χ2v) is 8.61. The summed E-state index contributed by atoms with van der Waals surface area (Å²) in [4.78, 5) is 13.2. The molecular weight excluding hydrogens is 330 g/mol. The molecular formula is C19H41N5O2. The number of hydrogen-bond donors (Lipinski definition) is 4. The molecule has 7 heteroatoms. The predicted octanol–water partition coefficient (Wildman–Crippen LogP) is 0.680. The molecule has 2 aliphatic rings. The largest absolute Gasteiger partial charge is 0.389 e. The number of hydrogen-bond acceptors (Lipinski definition) is 6. The molecule has 0 aromatic rings. The maximum atomic E-state index is 10.6. The van der Waals surface area contributed by atoms with Crippen molar-refractivity contribution in [2.24, 2.45) is 5.84 Å². The minimum atomic E-state index is -0.588. The number of amides is 1. The Labute approximate surface area is 159 Å². The van der Waals surface area contributed by atoms with Gasteiger partial charge in [0.1, 0.15) is 0 Å². The fourth-order valence-electron chi connectivity index (χ4n) is 3.35. The Morgan fingerprint density at radius 3 is 2.04 bits per heavy atom. The monoisotopic (exact) mass is 371 g/mol. The van der Waals surface area contributed by atoms with E-state index in [0.717, 1.165) is 25.9 Å². The molecule has 2 rings (SSSR count). The van der Waals surface area contributed by atoms with Crippen LogP contribution in [-0.4, -0.2) is 77.4 Å². The molecule has 1 amide bonds. The van der Waals surface area contributed by atoms with Gasteiger partial charge in [-0.05, 0) is 66.5 Å². The number of rotatable bonds is 5. The Morgan fingerprint density at radius 2 is 1.62 bits per heavy atom. The SMILES string of the molecule is CC(=O)NC1CCN(N)CC1.CC(C)N1CCC(NCC(C)(C)O)CC1. The molecule has 0 bridgehead atoms. The molecule has 0 saturated carbocycles. The van der Waals surface area contributed by atoms with Gasteiger partial charge in [-0.15, -0.1) is 0 Å². The third-order valence-electron chi connectivity index (χ3n) is 5.02. The zero-order chi connectivity index (χ0) is 19.7. The number of piperidine rings is 2. The van der Waals surface area contributed by atoms with E-state index in [9.17, 15) is 9.90 Å². The summed E-state index contributed by atoms with van der Waals surface area (Å²) in [6, 6.07) is 1.60. The molecule has 7 nitrogen and oxygen atoms in total. The minimum Gasteiger partial charge on any atom is -0.389 e. The van der Waals surface area contributed by atoms with Crippen molar-refractivity contribution in [1.82, 2.24) is 20.5 Å². The van der Waals surface area contributed by atoms with Crippen molar-refractivity contribution in [3.63, 3.8) is 0 Å². The van der Waals surface area contributed by atoms with Crippen molar-refractivity contribution in [3.8, 4) is 0 Å². The highest BCUT2D eigenvalue weighted by Crippen LogP contribution is 2.13. The number of nitrogens with zero attached hydrogens (tertiary/aromatic N) is 2. The highest BCUT2D eigenvalue weighted by atomic mass is 16.3. The number of nitrogens with two attached hydrogens (primary N) is 1. The number of carbonyl (C=O) groups is 1. The van der Waals surface area contributed by atoms with Gasteiger partial charge in [-0.2, -0.15) is 0 Å². The van der Waals surface area contributed by atoms with E-state index in [1.54, 1.807) is 11.9 Å². The fourth-order valence-corrected chi connectivity index (χ4v) is 3.35. The van der Waals surface area contributed by atoms with Crippen molar-refractivity contribution in [3.05, 3.63) is 0 Å². The van der Waals surface area contributed by atoms with Crippen molar-refractivity contribution >= 4 is 5.91 Å². The van der Waals surface area contributed by atoms with Crippen LogP contribution in [-0.2, 0) is 4.79 Å². The molecule has 26 heavy (non-hydrogen) atoms. The molecule has 2 saturated heterocycles. The molecule has 2 aliphatic heterocycles. The number of carbonyl (C=O) groups excluding carboxylic acids is 1. The van der Waals surface area contributed by atoms with Gasteiger partial charge in [0, 0.05) is 44.7 Å². The third kappa shape index (κ3) is 10.4. The number of aliphatic hydroxyl groups is 1. The quantitative estimate of drug-likeness (QED) is 0.531. The summed E-state index contributed by atoms with van der Waals surface area (Å²) in [5.41, 5.74) is -0.588. The van der Waals surface area contributed by atoms with Gasteiger partial charge in [0.15, 0.2) is 0 Å². The molecule has 0 aliphatic carbocycles. The minimum absolute atomic E-state index is 0.0560. The van der Waals surface area contributed by atoms with Crippen molar-refractivity contribution in [2.75, 3.05) is 32.7 Å². The Balaban J connectivity index is 0.000000273. The topological polar surface area (TPSA) is 93.9 Å². The van der Waals surface area contributed by atoms with Crippen molar-refractivity contribution in [1.29, 1.82) is 0 Å². The van der Waals surface area contributed by atoms with Crippen molar-refractivity contribution in [2.45, 2.75) is 84.0 Å². The van der Waals surface area contributed by atoms with Crippen LogP contribution in [0.2, 0.25) is 0 Å². The van der Waals surface area contributed by atoms with E-state index >= 15 is 0 Å². The van der Waals surface area contributed by atoms with Gasteiger partial charge < -0.3 is 20.6 Å². The van der Waals surface area contributed by atoms with Crippen LogP contribution in [0.3, 0.4) is 0 Å². The molecule has 2 fully saturated rings. The van der Waals surface area contributed by atoms with Crippen LogP contribution >= 0.6 is 0 Å². The first-order valence-corrected chi connectivity index (χ1v) is 10.0. The molecule has 5 N–H and O–H groups in total. The highest BCUT2D eigenvalue weighted by Gasteiger charge is 2.22. The van der Waals surface area contributed by atoms with Gasteiger partial charge in [0.2, 0.25) is 5.91 Å². The summed E-state index contributed by atoms with van der Waals surface area (Å²) < 4.78 is 0. The number of likely N-dealkylation sites (tertiary alicyclic amines) is 1. The van der Waals surface area contributed by atoms with E-state index in [4.69, 9.17) is 5.84 Å². The van der Waals surface area contributed by atoms with Crippen LogP contribution in [0, 0.1) is 0 Å². The molecule has 0 unspecified atom stereocenters. The van der Waals surface area contributed by atoms with Crippen molar-refractivity contribution < 1.29 is 9.90 Å². The van der Waals surface area contributed by atoms with Crippen LogP contribution in [0.4, 0.5) is 0 Å². The lowest BCUT2D eigenvalue weighted by molar-refractivity contribution is -0.119. The van der Waals surface area contributed by atoms with E-state index in [-0.39, 0.29) is 5.91 Å². The zero-order valence-corrected chi connectivity index (χ0v) is 17.4. The summed E-state index contributed by atoms with van der Waals surface area (Å²) in [5, 5.41) is 17.7. The van der Waals surface area contributed by atoms with Gasteiger partial charge in [0.05, 0.1) is 5.60 Å². The van der Waals surface area contributed by atoms with Gasteiger partial charge in [-0.3, -0.25) is 10.6 Å². The molecule has 2 heterocycles. The summed E-state index contributed by atoms with van der Waals surface area (Å²) >= 11 is 0. The average molecular weight is 372 g/mol. The molecule has 154 valence electrons. The smallest absolute Gasteiger partial charge is 0.217 e. The van der Waals surface area contributed by atoms with E-state index < -0.39 is 5.60 Å². The van der Waals surface area contributed by atoms with Gasteiger partial charge >= 0.3 is 0 Å². The van der Waals surface area contributed by atoms with Crippen LogP contribution < -0.4 is 16.5 Å². The predicted molar refractivity (Wildman–Crippen MR) is 107 cm³/mol. The summed E-state index contributed by atoms with van der Waals surface area (Å²) in [5.74, 6) is 5.60. The summed E-state index contributed by atoms with van der Waals surface area (Å²) in [6.07, 6.45) is 4.34. The molecule has 0 radical (unpaired) electrons. The maximum absolute atomic E-state index is 10.6. The normalized spacial score (nSPS) is 21.4. The lowest BCUT2D eigenvalue weighted by Crippen LogP contribution is -2.48. The second-order valence-electron chi connectivity index (χ2n) is 8.61. The number of nitrogens with one attached hydrogen (secondary N) is 2. The van der Waals surface area contributed by atoms with Gasteiger partial charge in [0.25, 0.3) is 0 Å². The van der Waals surface area contributed by atoms with Crippen LogP contribution in [0.5, 0.6) is 0 Å². The summed E-state index contributed by atoms with van der Waals surface area (Å²) in [7, 11) is 0. The fraction of sp³-hybridized carbons (Fsp3) is 0.947. The molecule has 0 spiro atoms. The van der Waals surface area contributed by atoms with E-state index in [0.29, 0.717) is 24.7 Å². The van der Waals surface area contributed by atoms with E-state index in [1.165, 1.54) is 25.9 Å². The Morgan fingerprint density at radius 1 is 1.12 bits per heavy atom. The summed E-state index contributed by atoms with van der Waals surface area (Å²) in [6.45, 7) is 14.6. The van der Waals surface area contributed by atoms with E-state index in [1.807, 2.05) is 13.8 Å². The lowest BCUT2D eigenvalue weighted by Gasteiger charge is -2.35. The lowest BCUT2D eigenvalue weighted by atomic mass is 10.0. The van der Waals surface area contributed by atoms with Gasteiger partial charge in [-0.1, -0.05) is 0 Å². The van der Waals surface area contributed by atoms with Crippen LogP contribution in [0.1, 0.15) is 60.3 Å². The zero-order valence-electron chi connectivity index (χ0n) is 17.4. The Bertz CT molecular complexity index is 395. The van der Waals surface area contributed by atoms with Crippen LogP contribution in [0.15, 0.2) is 0 Å². The first-order chi connectivity index (χ1) is 12.1. The molecule has 0 aromatic carbocycles. The first-order valence-electron chi connectivity index (χ1n) is 10.0. The molecule has 0 atom stereocenters. The second kappa shape index (κ2) is 11.2. The third-order valence-corrected chi connectivity index (χ3v) is 5.02. The van der Waals surface area contributed by atoms with Gasteiger partial charge in [-0.25, -0.2) is 5.01 Å². The highest BCUT2D eigenvalue weighted by molar-refractivity contribution is 5.73. The Kier molecular flexibility index (Phi) is 10.0. The standard InChI is InChI=1S/C12H26N2O.C7H15N3O/c1-10(2)14-7-5-11(6-8-14)13-9-12(3,4)15;1-6(11)9-7-2-4-10(8)5-3-7/h10-11,13,15H,5-9H2,1-4H3;7H,2-5,8H2,1H3,(H,9,11).